The van der Waals surface area contributed by atoms with E-state index in [-0.39, 0.29) is 0 Å². The lowest BCUT2D eigenvalue weighted by Gasteiger charge is -2.21. The maximum absolute atomic E-state index is 5.83. The molecule has 0 aliphatic carbocycles. The third kappa shape index (κ3) is 3.23. The third-order valence-electron chi connectivity index (χ3n) is 2.19. The molecule has 0 radical (unpaired) electrons. The fourth-order valence-electron chi connectivity index (χ4n) is 1.37. The molecule has 1 aliphatic heterocycles. The predicted octanol–water partition coefficient (Wildman–Crippen LogP) is 3.36. The van der Waals surface area contributed by atoms with Crippen molar-refractivity contribution in [1.29, 1.82) is 0 Å². The maximum atomic E-state index is 5.83. The first-order valence-electron chi connectivity index (χ1n) is 4.85. The Kier molecular flexibility index (Phi) is 4.22. The molecule has 0 N–H and O–H groups in total. The van der Waals surface area contributed by atoms with Gasteiger partial charge in [0.25, 0.3) is 0 Å². The molecule has 14 heavy (non-hydrogen) atoms. The molecule has 0 spiro atoms. The first-order valence-corrected chi connectivity index (χ1v) is 7.34. The standard InChI is InChI=1S/C11H14OS2/c1-2-4-10(5-3-1)8-12-11-6-7-13-14-9-11/h1-5,11H,6-9H2. The molecule has 0 bridgehead atoms. The summed E-state index contributed by atoms with van der Waals surface area (Å²) in [5.41, 5.74) is 1.27. The fraction of sp³-hybridized carbons (Fsp3) is 0.455. The SMILES string of the molecule is c1ccc(COC2CCSSC2)cc1. The lowest BCUT2D eigenvalue weighted by atomic mass is 10.2. The minimum absolute atomic E-state index is 0.460. The van der Waals surface area contributed by atoms with E-state index in [9.17, 15) is 0 Å². The van der Waals surface area contributed by atoms with Gasteiger partial charge in [0.1, 0.15) is 0 Å². The Morgan fingerprint density at radius 1 is 1.21 bits per heavy atom. The monoisotopic (exact) mass is 226 g/mol. The van der Waals surface area contributed by atoms with Gasteiger partial charge < -0.3 is 4.74 Å². The van der Waals surface area contributed by atoms with Gasteiger partial charge in [0.05, 0.1) is 12.7 Å². The van der Waals surface area contributed by atoms with Gasteiger partial charge >= 0.3 is 0 Å². The Balaban J connectivity index is 1.76. The van der Waals surface area contributed by atoms with E-state index < -0.39 is 0 Å². The van der Waals surface area contributed by atoms with E-state index in [2.05, 4.69) is 24.3 Å². The highest BCUT2D eigenvalue weighted by molar-refractivity contribution is 8.76. The van der Waals surface area contributed by atoms with Crippen LogP contribution in [0.2, 0.25) is 0 Å². The number of ether oxygens (including phenoxy) is 1. The molecular weight excluding hydrogens is 212 g/mol. The molecule has 0 amide bonds. The van der Waals surface area contributed by atoms with Crippen molar-refractivity contribution >= 4 is 21.6 Å². The minimum Gasteiger partial charge on any atom is -0.373 e. The zero-order chi connectivity index (χ0) is 9.64. The van der Waals surface area contributed by atoms with Crippen LogP contribution in [-0.2, 0) is 11.3 Å². The number of hydrogen-bond donors (Lipinski definition) is 0. The molecule has 0 saturated carbocycles. The minimum atomic E-state index is 0.460. The van der Waals surface area contributed by atoms with Gasteiger partial charge in [-0.05, 0) is 12.0 Å². The molecule has 1 aromatic carbocycles. The summed E-state index contributed by atoms with van der Waals surface area (Å²) in [4.78, 5) is 0. The van der Waals surface area contributed by atoms with Gasteiger partial charge in [-0.25, -0.2) is 0 Å². The highest BCUT2D eigenvalue weighted by Gasteiger charge is 2.14. The molecule has 1 atom stereocenters. The van der Waals surface area contributed by atoms with E-state index in [4.69, 9.17) is 4.74 Å². The van der Waals surface area contributed by atoms with Crippen molar-refractivity contribution in [1.82, 2.24) is 0 Å². The molecule has 76 valence electrons. The van der Waals surface area contributed by atoms with E-state index >= 15 is 0 Å². The van der Waals surface area contributed by atoms with E-state index in [1.807, 2.05) is 27.7 Å². The van der Waals surface area contributed by atoms with Gasteiger partial charge in [-0.3, -0.25) is 0 Å². The Labute approximate surface area is 93.0 Å². The number of hydrogen-bond acceptors (Lipinski definition) is 3. The summed E-state index contributed by atoms with van der Waals surface area (Å²) >= 11 is 0. The predicted molar refractivity (Wildman–Crippen MR) is 64.6 cm³/mol. The average Bonchev–Trinajstić information content (AvgIpc) is 2.29. The number of rotatable bonds is 3. The van der Waals surface area contributed by atoms with Gasteiger partial charge in [-0.2, -0.15) is 0 Å². The molecule has 1 heterocycles. The summed E-state index contributed by atoms with van der Waals surface area (Å²) in [6.45, 7) is 0.761. The summed E-state index contributed by atoms with van der Waals surface area (Å²) < 4.78 is 5.83. The van der Waals surface area contributed by atoms with Crippen LogP contribution in [0.1, 0.15) is 12.0 Å². The van der Waals surface area contributed by atoms with E-state index in [0.717, 1.165) is 12.4 Å². The van der Waals surface area contributed by atoms with Crippen LogP contribution in [0.4, 0.5) is 0 Å². The Bertz CT molecular complexity index is 257. The molecule has 1 aromatic rings. The van der Waals surface area contributed by atoms with Crippen molar-refractivity contribution < 1.29 is 4.74 Å². The second-order valence-corrected chi connectivity index (χ2v) is 5.94. The van der Waals surface area contributed by atoms with Gasteiger partial charge in [-0.1, -0.05) is 51.9 Å². The molecule has 3 heteroatoms. The quantitative estimate of drug-likeness (QED) is 0.731. The van der Waals surface area contributed by atoms with Crippen LogP contribution in [0.15, 0.2) is 30.3 Å². The molecule has 1 unspecified atom stereocenters. The summed E-state index contributed by atoms with van der Waals surface area (Å²) in [7, 11) is 3.89. The summed E-state index contributed by atoms with van der Waals surface area (Å²) in [6.07, 6.45) is 1.66. The van der Waals surface area contributed by atoms with Crippen molar-refractivity contribution in [2.45, 2.75) is 19.1 Å². The van der Waals surface area contributed by atoms with Crippen LogP contribution >= 0.6 is 21.6 Å². The normalized spacial score (nSPS) is 22.1. The maximum Gasteiger partial charge on any atom is 0.0721 e. The highest BCUT2D eigenvalue weighted by Crippen LogP contribution is 2.30. The van der Waals surface area contributed by atoms with Gasteiger partial charge in [-0.15, -0.1) is 0 Å². The van der Waals surface area contributed by atoms with Crippen molar-refractivity contribution in [3.05, 3.63) is 35.9 Å². The van der Waals surface area contributed by atoms with Gasteiger partial charge in [0.15, 0.2) is 0 Å². The van der Waals surface area contributed by atoms with E-state index in [1.54, 1.807) is 0 Å². The van der Waals surface area contributed by atoms with Crippen molar-refractivity contribution in [2.24, 2.45) is 0 Å². The van der Waals surface area contributed by atoms with Crippen LogP contribution in [0.5, 0.6) is 0 Å². The smallest absolute Gasteiger partial charge is 0.0721 e. The van der Waals surface area contributed by atoms with Gasteiger partial charge in [0.2, 0.25) is 0 Å². The van der Waals surface area contributed by atoms with Crippen LogP contribution in [0, 0.1) is 0 Å². The first kappa shape index (κ1) is 10.4. The second-order valence-electron chi connectivity index (χ2n) is 3.31. The van der Waals surface area contributed by atoms with Crippen molar-refractivity contribution in [3.63, 3.8) is 0 Å². The zero-order valence-electron chi connectivity index (χ0n) is 8.02. The van der Waals surface area contributed by atoms with Crippen LogP contribution in [-0.4, -0.2) is 17.6 Å². The largest absolute Gasteiger partial charge is 0.373 e. The first-order chi connectivity index (χ1) is 6.95. The topological polar surface area (TPSA) is 9.23 Å². The third-order valence-corrected chi connectivity index (χ3v) is 4.67. The van der Waals surface area contributed by atoms with Gasteiger partial charge in [0, 0.05) is 11.5 Å². The molecule has 1 aliphatic rings. The van der Waals surface area contributed by atoms with Crippen LogP contribution < -0.4 is 0 Å². The molecule has 1 saturated heterocycles. The Morgan fingerprint density at radius 3 is 2.79 bits per heavy atom. The van der Waals surface area contributed by atoms with Crippen molar-refractivity contribution in [2.75, 3.05) is 11.5 Å². The molecule has 0 aromatic heterocycles. The molecule has 1 nitrogen and oxygen atoms in total. The fourth-order valence-corrected chi connectivity index (χ4v) is 3.74. The summed E-state index contributed by atoms with van der Waals surface area (Å²) in [6, 6.07) is 10.4. The van der Waals surface area contributed by atoms with E-state index in [0.29, 0.717) is 6.10 Å². The van der Waals surface area contributed by atoms with Crippen LogP contribution in [0.25, 0.3) is 0 Å². The average molecular weight is 226 g/mol. The highest BCUT2D eigenvalue weighted by atomic mass is 33.1. The van der Waals surface area contributed by atoms with E-state index in [1.165, 1.54) is 17.7 Å². The molecular formula is C11H14OS2. The van der Waals surface area contributed by atoms with Crippen LogP contribution in [0.3, 0.4) is 0 Å². The number of benzene rings is 1. The van der Waals surface area contributed by atoms with Crippen molar-refractivity contribution in [3.8, 4) is 0 Å². The zero-order valence-corrected chi connectivity index (χ0v) is 9.65. The second kappa shape index (κ2) is 5.69. The Hall–Kier alpha value is -0.120. The summed E-state index contributed by atoms with van der Waals surface area (Å²) in [5, 5.41) is 0. The summed E-state index contributed by atoms with van der Waals surface area (Å²) in [5.74, 6) is 2.36. The lowest BCUT2D eigenvalue weighted by Crippen LogP contribution is -2.19. The Morgan fingerprint density at radius 2 is 2.07 bits per heavy atom. The molecule has 1 fully saturated rings. The lowest BCUT2D eigenvalue weighted by molar-refractivity contribution is 0.0545. The molecule has 2 rings (SSSR count).